The molecule has 0 saturated heterocycles. The SMILES string of the molecule is CCOc1cc([C@H]2C(C(=O)c3ccc(C)o3)=C(O)C(=O)N2CCCOC)ccc1O. The van der Waals surface area contributed by atoms with Crippen molar-refractivity contribution in [3.8, 4) is 11.5 Å². The van der Waals surface area contributed by atoms with Gasteiger partial charge in [0.05, 0.1) is 18.2 Å². The summed E-state index contributed by atoms with van der Waals surface area (Å²) < 4.78 is 16.0. The minimum absolute atomic E-state index is 0.0365. The molecule has 2 heterocycles. The number of carbonyl (C=O) groups is 2. The molecule has 2 N–H and O–H groups in total. The molecule has 30 heavy (non-hydrogen) atoms. The number of hydrogen-bond donors (Lipinski definition) is 2. The molecular weight excluding hydrogens is 390 g/mol. The fourth-order valence-corrected chi connectivity index (χ4v) is 3.50. The van der Waals surface area contributed by atoms with Gasteiger partial charge < -0.3 is 29.0 Å². The van der Waals surface area contributed by atoms with Gasteiger partial charge in [0.15, 0.2) is 23.0 Å². The van der Waals surface area contributed by atoms with Crippen LogP contribution in [0.15, 0.2) is 46.1 Å². The van der Waals surface area contributed by atoms with Gasteiger partial charge in [0.2, 0.25) is 5.78 Å². The van der Waals surface area contributed by atoms with Gasteiger partial charge in [-0.2, -0.15) is 0 Å². The van der Waals surface area contributed by atoms with Crippen molar-refractivity contribution < 1.29 is 33.7 Å². The molecule has 2 aromatic rings. The number of Topliss-reactive ketones (excluding diaryl/α,β-unsaturated/α-hetero) is 1. The summed E-state index contributed by atoms with van der Waals surface area (Å²) in [5.41, 5.74) is 0.456. The zero-order valence-electron chi connectivity index (χ0n) is 17.2. The monoisotopic (exact) mass is 415 g/mol. The summed E-state index contributed by atoms with van der Waals surface area (Å²) >= 11 is 0. The minimum Gasteiger partial charge on any atom is -0.504 e. The maximum absolute atomic E-state index is 13.2. The van der Waals surface area contributed by atoms with Gasteiger partial charge >= 0.3 is 0 Å². The minimum atomic E-state index is -0.855. The molecule has 0 fully saturated rings. The van der Waals surface area contributed by atoms with E-state index in [-0.39, 0.29) is 29.4 Å². The van der Waals surface area contributed by atoms with Gasteiger partial charge in [0, 0.05) is 20.3 Å². The topological polar surface area (TPSA) is 109 Å². The van der Waals surface area contributed by atoms with E-state index in [1.54, 1.807) is 39.2 Å². The van der Waals surface area contributed by atoms with E-state index < -0.39 is 23.5 Å². The van der Waals surface area contributed by atoms with Crippen LogP contribution in [0.4, 0.5) is 0 Å². The van der Waals surface area contributed by atoms with E-state index >= 15 is 0 Å². The number of nitrogens with zero attached hydrogens (tertiary/aromatic N) is 1. The lowest BCUT2D eigenvalue weighted by Gasteiger charge is -2.27. The van der Waals surface area contributed by atoms with Crippen LogP contribution in [-0.2, 0) is 9.53 Å². The molecule has 0 radical (unpaired) electrons. The molecule has 8 nitrogen and oxygen atoms in total. The maximum atomic E-state index is 13.2. The molecule has 1 aromatic heterocycles. The zero-order chi connectivity index (χ0) is 21.8. The lowest BCUT2D eigenvalue weighted by atomic mass is 9.94. The number of phenols is 1. The standard InChI is InChI=1S/C22H25NO7/c1-4-29-17-12-14(7-8-15(17)24)19-18(20(25)16-9-6-13(2)30-16)21(26)22(27)23(19)10-5-11-28-3/h6-9,12,19,24,26H,4-5,10-11H2,1-3H3/t19-/m0/s1. The number of aromatic hydroxyl groups is 1. The average molecular weight is 415 g/mol. The maximum Gasteiger partial charge on any atom is 0.290 e. The summed E-state index contributed by atoms with van der Waals surface area (Å²) in [4.78, 5) is 27.4. The summed E-state index contributed by atoms with van der Waals surface area (Å²) in [5, 5.41) is 20.6. The van der Waals surface area contributed by atoms with E-state index in [0.717, 1.165) is 0 Å². The summed E-state index contributed by atoms with van der Waals surface area (Å²) in [6.45, 7) is 4.49. The van der Waals surface area contributed by atoms with E-state index in [1.165, 1.54) is 17.0 Å². The first-order chi connectivity index (χ1) is 14.4. The fourth-order valence-electron chi connectivity index (χ4n) is 3.50. The zero-order valence-corrected chi connectivity index (χ0v) is 17.2. The highest BCUT2D eigenvalue weighted by molar-refractivity contribution is 6.15. The van der Waals surface area contributed by atoms with Crippen LogP contribution in [0.2, 0.25) is 0 Å². The highest BCUT2D eigenvalue weighted by atomic mass is 16.5. The number of aliphatic hydroxyl groups excluding tert-OH is 1. The number of benzene rings is 1. The van der Waals surface area contributed by atoms with Gasteiger partial charge in [-0.25, -0.2) is 0 Å². The number of furan rings is 1. The number of carbonyl (C=O) groups excluding carboxylic acids is 2. The predicted octanol–water partition coefficient (Wildman–Crippen LogP) is 3.31. The van der Waals surface area contributed by atoms with Crippen LogP contribution in [0.5, 0.6) is 11.5 Å². The summed E-state index contributed by atoms with van der Waals surface area (Å²) in [5.74, 6) is -1.07. The number of amides is 1. The Morgan fingerprint density at radius 3 is 2.63 bits per heavy atom. The Hall–Kier alpha value is -3.26. The van der Waals surface area contributed by atoms with Crippen LogP contribution < -0.4 is 4.74 Å². The second-order valence-corrected chi connectivity index (χ2v) is 6.91. The Kier molecular flexibility index (Phi) is 6.47. The molecule has 160 valence electrons. The van der Waals surface area contributed by atoms with Crippen molar-refractivity contribution in [3.63, 3.8) is 0 Å². The van der Waals surface area contributed by atoms with Crippen molar-refractivity contribution in [3.05, 3.63) is 58.7 Å². The first-order valence-electron chi connectivity index (χ1n) is 9.68. The molecule has 1 amide bonds. The van der Waals surface area contributed by atoms with Gasteiger partial charge in [0.1, 0.15) is 5.76 Å². The quantitative estimate of drug-likeness (QED) is 0.478. The third kappa shape index (κ3) is 4.04. The number of aryl methyl sites for hydroxylation is 1. The Morgan fingerprint density at radius 1 is 1.23 bits per heavy atom. The van der Waals surface area contributed by atoms with Crippen molar-refractivity contribution in [2.75, 3.05) is 26.9 Å². The highest BCUT2D eigenvalue weighted by Gasteiger charge is 2.44. The Labute approximate surface area is 174 Å². The molecule has 8 heteroatoms. The predicted molar refractivity (Wildman–Crippen MR) is 108 cm³/mol. The Balaban J connectivity index is 2.07. The molecule has 1 aliphatic rings. The summed E-state index contributed by atoms with van der Waals surface area (Å²) in [6.07, 6.45) is 0.518. The summed E-state index contributed by atoms with van der Waals surface area (Å²) in [6, 6.07) is 6.90. The number of methoxy groups -OCH3 is 1. The van der Waals surface area contributed by atoms with Crippen molar-refractivity contribution in [1.29, 1.82) is 0 Å². The Morgan fingerprint density at radius 2 is 2.00 bits per heavy atom. The number of ketones is 1. The largest absolute Gasteiger partial charge is 0.504 e. The molecule has 0 unspecified atom stereocenters. The van der Waals surface area contributed by atoms with Gasteiger partial charge in [-0.15, -0.1) is 0 Å². The third-order valence-electron chi connectivity index (χ3n) is 4.86. The third-order valence-corrected chi connectivity index (χ3v) is 4.86. The molecule has 0 saturated carbocycles. The van der Waals surface area contributed by atoms with E-state index in [2.05, 4.69) is 0 Å². The van der Waals surface area contributed by atoms with E-state index in [1.807, 2.05) is 0 Å². The molecule has 3 rings (SSSR count). The van der Waals surface area contributed by atoms with Crippen molar-refractivity contribution in [1.82, 2.24) is 4.90 Å². The number of aliphatic hydroxyl groups is 1. The van der Waals surface area contributed by atoms with Crippen molar-refractivity contribution in [2.24, 2.45) is 0 Å². The normalized spacial score (nSPS) is 16.4. The van der Waals surface area contributed by atoms with Crippen LogP contribution in [0.3, 0.4) is 0 Å². The van der Waals surface area contributed by atoms with Gasteiger partial charge in [0.25, 0.3) is 5.91 Å². The van der Waals surface area contributed by atoms with Crippen molar-refractivity contribution in [2.45, 2.75) is 26.3 Å². The number of hydrogen-bond acceptors (Lipinski definition) is 7. The van der Waals surface area contributed by atoms with Crippen LogP contribution in [0, 0.1) is 6.92 Å². The average Bonchev–Trinajstić information content (AvgIpc) is 3.26. The van der Waals surface area contributed by atoms with Crippen LogP contribution in [-0.4, -0.2) is 53.7 Å². The first kappa shape index (κ1) is 21.4. The van der Waals surface area contributed by atoms with Gasteiger partial charge in [-0.3, -0.25) is 9.59 Å². The van der Waals surface area contributed by atoms with Crippen LogP contribution in [0.25, 0.3) is 0 Å². The van der Waals surface area contributed by atoms with Crippen LogP contribution in [0.1, 0.15) is 41.3 Å². The second kappa shape index (κ2) is 9.04. The summed E-state index contributed by atoms with van der Waals surface area (Å²) in [7, 11) is 1.56. The number of ether oxygens (including phenoxy) is 2. The fraction of sp³-hybridized carbons (Fsp3) is 0.364. The lowest BCUT2D eigenvalue weighted by molar-refractivity contribution is -0.129. The van der Waals surface area contributed by atoms with Gasteiger partial charge in [-0.05, 0) is 50.1 Å². The van der Waals surface area contributed by atoms with E-state index in [9.17, 15) is 19.8 Å². The highest BCUT2D eigenvalue weighted by Crippen LogP contribution is 2.41. The number of phenolic OH excluding ortho intramolecular Hbond substituents is 1. The molecule has 0 aliphatic carbocycles. The van der Waals surface area contributed by atoms with Gasteiger partial charge in [-0.1, -0.05) is 6.07 Å². The second-order valence-electron chi connectivity index (χ2n) is 6.91. The molecule has 0 bridgehead atoms. The molecule has 1 aromatic carbocycles. The molecule has 1 atom stereocenters. The number of rotatable bonds is 9. The first-order valence-corrected chi connectivity index (χ1v) is 9.68. The smallest absolute Gasteiger partial charge is 0.290 e. The molecular formula is C22H25NO7. The van der Waals surface area contributed by atoms with Crippen LogP contribution >= 0.6 is 0 Å². The lowest BCUT2D eigenvalue weighted by Crippen LogP contribution is -2.32. The Bertz CT molecular complexity index is 976. The van der Waals surface area contributed by atoms with Crippen molar-refractivity contribution >= 4 is 11.7 Å². The van der Waals surface area contributed by atoms with E-state index in [0.29, 0.717) is 31.0 Å². The van der Waals surface area contributed by atoms with E-state index in [4.69, 9.17) is 13.9 Å². The molecule has 0 spiro atoms. The molecule has 1 aliphatic heterocycles.